The second-order valence-electron chi connectivity index (χ2n) is 2.79. The van der Waals surface area contributed by atoms with Crippen LogP contribution in [0, 0.1) is 0 Å². The number of hydrogen-bond donors (Lipinski definition) is 0. The maximum Gasteiger partial charge on any atom is 0.104 e. The molecule has 0 aromatic heterocycles. The van der Waals surface area contributed by atoms with Crippen LogP contribution >= 0.6 is 0 Å². The molecule has 5 nitrogen and oxygen atoms in total. The first-order chi connectivity index (χ1) is 6.43. The second kappa shape index (κ2) is 7.23. The van der Waals surface area contributed by atoms with Crippen LogP contribution in [-0.4, -0.2) is 39.6 Å². The van der Waals surface area contributed by atoms with Crippen LogP contribution in [0.1, 0.15) is 12.8 Å². The zero-order valence-electron chi connectivity index (χ0n) is 7.86. The summed E-state index contributed by atoms with van der Waals surface area (Å²) in [5.41, 5.74) is 0. The SMILES string of the molecule is COOOCCCCOCC1CO1. The summed E-state index contributed by atoms with van der Waals surface area (Å²) in [7, 11) is 1.40. The molecular formula is C8H16O5. The Hall–Kier alpha value is -0.200. The van der Waals surface area contributed by atoms with Crippen molar-refractivity contribution >= 4 is 0 Å². The van der Waals surface area contributed by atoms with Gasteiger partial charge in [0.25, 0.3) is 0 Å². The highest BCUT2D eigenvalue weighted by molar-refractivity contribution is 4.66. The van der Waals surface area contributed by atoms with E-state index >= 15 is 0 Å². The Labute approximate surface area is 77.7 Å². The van der Waals surface area contributed by atoms with Gasteiger partial charge in [0.2, 0.25) is 0 Å². The Morgan fingerprint density at radius 2 is 2.08 bits per heavy atom. The molecule has 1 saturated heterocycles. The van der Waals surface area contributed by atoms with E-state index in [1.54, 1.807) is 0 Å². The van der Waals surface area contributed by atoms with Gasteiger partial charge < -0.3 is 9.47 Å². The van der Waals surface area contributed by atoms with E-state index in [1.807, 2.05) is 0 Å². The van der Waals surface area contributed by atoms with E-state index in [2.05, 4.69) is 14.8 Å². The molecule has 0 aliphatic carbocycles. The van der Waals surface area contributed by atoms with Crippen molar-refractivity contribution in [2.24, 2.45) is 0 Å². The molecule has 0 saturated carbocycles. The van der Waals surface area contributed by atoms with Crippen molar-refractivity contribution in [3.63, 3.8) is 0 Å². The number of epoxide rings is 1. The average molecular weight is 192 g/mol. The van der Waals surface area contributed by atoms with Crippen LogP contribution < -0.4 is 0 Å². The van der Waals surface area contributed by atoms with Gasteiger partial charge in [-0.25, -0.2) is 9.78 Å². The van der Waals surface area contributed by atoms with Crippen LogP contribution in [0.2, 0.25) is 0 Å². The average Bonchev–Trinajstić information content (AvgIpc) is 2.93. The van der Waals surface area contributed by atoms with Gasteiger partial charge >= 0.3 is 0 Å². The molecule has 0 bridgehead atoms. The van der Waals surface area contributed by atoms with Gasteiger partial charge in [-0.1, -0.05) is 5.04 Å². The largest absolute Gasteiger partial charge is 0.379 e. The van der Waals surface area contributed by atoms with Crippen molar-refractivity contribution in [3.05, 3.63) is 0 Å². The van der Waals surface area contributed by atoms with Crippen LogP contribution in [0.5, 0.6) is 0 Å². The molecule has 0 aromatic rings. The summed E-state index contributed by atoms with van der Waals surface area (Å²) in [6, 6.07) is 0. The predicted molar refractivity (Wildman–Crippen MR) is 43.8 cm³/mol. The number of hydrogen-bond acceptors (Lipinski definition) is 5. The first-order valence-electron chi connectivity index (χ1n) is 4.45. The molecular weight excluding hydrogens is 176 g/mol. The van der Waals surface area contributed by atoms with Crippen molar-refractivity contribution in [1.82, 2.24) is 0 Å². The van der Waals surface area contributed by atoms with Crippen LogP contribution in [-0.2, 0) is 24.3 Å². The molecule has 1 aliphatic rings. The Balaban J connectivity index is 1.63. The molecule has 1 fully saturated rings. The van der Waals surface area contributed by atoms with E-state index in [0.717, 1.165) is 32.7 Å². The topological polar surface area (TPSA) is 49.5 Å². The van der Waals surface area contributed by atoms with E-state index < -0.39 is 0 Å². The van der Waals surface area contributed by atoms with E-state index in [1.165, 1.54) is 7.11 Å². The lowest BCUT2D eigenvalue weighted by molar-refractivity contribution is -0.502. The van der Waals surface area contributed by atoms with Crippen molar-refractivity contribution in [1.29, 1.82) is 0 Å². The summed E-state index contributed by atoms with van der Waals surface area (Å²) in [4.78, 5) is 8.86. The smallest absolute Gasteiger partial charge is 0.104 e. The summed E-state index contributed by atoms with van der Waals surface area (Å²) in [5.74, 6) is 0. The molecule has 1 rings (SSSR count). The third-order valence-electron chi connectivity index (χ3n) is 1.59. The van der Waals surface area contributed by atoms with Crippen LogP contribution in [0.4, 0.5) is 0 Å². The Kier molecular flexibility index (Phi) is 6.05. The van der Waals surface area contributed by atoms with Crippen LogP contribution in [0.15, 0.2) is 0 Å². The van der Waals surface area contributed by atoms with Gasteiger partial charge in [-0.3, -0.25) is 0 Å². The number of unbranched alkanes of at least 4 members (excludes halogenated alkanes) is 1. The molecule has 0 amide bonds. The highest BCUT2D eigenvalue weighted by Crippen LogP contribution is 2.08. The first kappa shape index (κ1) is 10.9. The highest BCUT2D eigenvalue weighted by Gasteiger charge is 2.21. The second-order valence-corrected chi connectivity index (χ2v) is 2.79. The zero-order valence-corrected chi connectivity index (χ0v) is 7.86. The number of ether oxygens (including phenoxy) is 2. The highest BCUT2D eigenvalue weighted by atomic mass is 17.5. The molecule has 1 unspecified atom stereocenters. The lowest BCUT2D eigenvalue weighted by atomic mass is 10.3. The van der Waals surface area contributed by atoms with Crippen molar-refractivity contribution < 1.29 is 24.3 Å². The quantitative estimate of drug-likeness (QED) is 0.233. The minimum atomic E-state index is 0.355. The lowest BCUT2D eigenvalue weighted by Gasteiger charge is -2.01. The van der Waals surface area contributed by atoms with Gasteiger partial charge in [0, 0.05) is 6.61 Å². The van der Waals surface area contributed by atoms with E-state index in [9.17, 15) is 0 Å². The normalized spacial score (nSPS) is 20.5. The number of rotatable bonds is 9. The molecule has 5 heteroatoms. The molecule has 1 atom stereocenters. The minimum absolute atomic E-state index is 0.355. The molecule has 0 spiro atoms. The maximum atomic E-state index is 5.31. The van der Waals surface area contributed by atoms with Gasteiger partial charge in [-0.15, -0.1) is 0 Å². The summed E-state index contributed by atoms with van der Waals surface area (Å²) >= 11 is 0. The summed E-state index contributed by atoms with van der Waals surface area (Å²) in [6.07, 6.45) is 2.21. The monoisotopic (exact) mass is 192 g/mol. The maximum absolute atomic E-state index is 5.31. The van der Waals surface area contributed by atoms with Gasteiger partial charge in [0.1, 0.15) is 6.10 Å². The molecule has 1 heterocycles. The molecule has 1 aliphatic heterocycles. The first-order valence-corrected chi connectivity index (χ1v) is 4.45. The van der Waals surface area contributed by atoms with Crippen LogP contribution in [0.25, 0.3) is 0 Å². The molecule has 0 N–H and O–H groups in total. The Morgan fingerprint density at radius 1 is 1.31 bits per heavy atom. The fourth-order valence-electron chi connectivity index (χ4n) is 0.826. The third-order valence-corrected chi connectivity index (χ3v) is 1.59. The Morgan fingerprint density at radius 3 is 2.77 bits per heavy atom. The van der Waals surface area contributed by atoms with Gasteiger partial charge in [0.15, 0.2) is 0 Å². The Bertz CT molecular complexity index is 115. The summed E-state index contributed by atoms with van der Waals surface area (Å²) in [6.45, 7) is 2.84. The van der Waals surface area contributed by atoms with Gasteiger partial charge in [0.05, 0.1) is 26.9 Å². The van der Waals surface area contributed by atoms with Gasteiger partial charge in [-0.05, 0) is 12.8 Å². The predicted octanol–water partition coefficient (Wildman–Crippen LogP) is 0.692. The molecule has 0 radical (unpaired) electrons. The van der Waals surface area contributed by atoms with Crippen LogP contribution in [0.3, 0.4) is 0 Å². The third kappa shape index (κ3) is 6.92. The van der Waals surface area contributed by atoms with Crippen molar-refractivity contribution in [3.8, 4) is 0 Å². The fraction of sp³-hybridized carbons (Fsp3) is 1.00. The van der Waals surface area contributed by atoms with Crippen molar-refractivity contribution in [2.45, 2.75) is 18.9 Å². The minimum Gasteiger partial charge on any atom is -0.379 e. The van der Waals surface area contributed by atoms with E-state index in [0.29, 0.717) is 12.7 Å². The standard InChI is InChI=1S/C8H16O5/c1-9-13-12-5-3-2-4-10-6-8-7-11-8/h8H,2-7H2,1H3. The van der Waals surface area contributed by atoms with Crippen molar-refractivity contribution in [2.75, 3.05) is 33.5 Å². The van der Waals surface area contributed by atoms with E-state index in [4.69, 9.17) is 9.47 Å². The lowest BCUT2D eigenvalue weighted by Crippen LogP contribution is -2.04. The molecule has 78 valence electrons. The zero-order chi connectivity index (χ0) is 9.36. The summed E-state index contributed by atoms with van der Waals surface area (Å²) < 4.78 is 10.3. The fourth-order valence-corrected chi connectivity index (χ4v) is 0.826. The molecule has 13 heavy (non-hydrogen) atoms. The van der Waals surface area contributed by atoms with Gasteiger partial charge in [-0.2, -0.15) is 0 Å². The molecule has 0 aromatic carbocycles. The van der Waals surface area contributed by atoms with E-state index in [-0.39, 0.29) is 0 Å². The summed E-state index contributed by atoms with van der Waals surface area (Å²) in [5, 5.41) is 4.23.